The summed E-state index contributed by atoms with van der Waals surface area (Å²) in [6.45, 7) is 1.53. The summed E-state index contributed by atoms with van der Waals surface area (Å²) in [5.41, 5.74) is -0.180. The second-order valence-electron chi connectivity index (χ2n) is 6.92. The lowest BCUT2D eigenvalue weighted by molar-refractivity contribution is -0.136. The van der Waals surface area contributed by atoms with E-state index in [1.165, 1.54) is 6.92 Å². The Bertz CT molecular complexity index is 775. The molecule has 1 saturated carbocycles. The Balaban J connectivity index is 1.77. The molecule has 1 aromatic rings. The maximum Gasteiger partial charge on any atom is 0.325 e. The van der Waals surface area contributed by atoms with Gasteiger partial charge < -0.3 is 10.6 Å². The van der Waals surface area contributed by atoms with Gasteiger partial charge in [0, 0.05) is 0 Å². The summed E-state index contributed by atoms with van der Waals surface area (Å²) in [5, 5.41) is 14.6. The quantitative estimate of drug-likeness (QED) is 0.814. The lowest BCUT2D eigenvalue weighted by atomic mass is 9.90. The molecule has 7 heteroatoms. The van der Waals surface area contributed by atoms with Gasteiger partial charge in [0.1, 0.15) is 17.6 Å². The van der Waals surface area contributed by atoms with Gasteiger partial charge >= 0.3 is 6.03 Å². The number of nitriles is 1. The van der Waals surface area contributed by atoms with E-state index in [9.17, 15) is 14.4 Å². The van der Waals surface area contributed by atoms with E-state index in [4.69, 9.17) is 5.26 Å². The first-order chi connectivity index (χ1) is 12.5. The van der Waals surface area contributed by atoms with Crippen molar-refractivity contribution < 1.29 is 14.4 Å². The van der Waals surface area contributed by atoms with Gasteiger partial charge in [-0.05, 0) is 31.9 Å². The van der Waals surface area contributed by atoms with Gasteiger partial charge in [-0.15, -0.1) is 0 Å². The van der Waals surface area contributed by atoms with E-state index in [2.05, 4.69) is 10.6 Å². The highest BCUT2D eigenvalue weighted by Crippen LogP contribution is 2.33. The molecule has 1 aliphatic carbocycles. The molecule has 4 amide bonds. The van der Waals surface area contributed by atoms with Crippen molar-refractivity contribution in [3.8, 4) is 6.07 Å². The first-order valence-electron chi connectivity index (χ1n) is 8.94. The van der Waals surface area contributed by atoms with Crippen molar-refractivity contribution in [2.45, 2.75) is 57.0 Å². The van der Waals surface area contributed by atoms with E-state index in [-0.39, 0.29) is 5.91 Å². The molecule has 1 atom stereocenters. The van der Waals surface area contributed by atoms with Gasteiger partial charge in [-0.1, -0.05) is 37.8 Å². The van der Waals surface area contributed by atoms with E-state index >= 15 is 0 Å². The summed E-state index contributed by atoms with van der Waals surface area (Å²) in [4.78, 5) is 39.1. The van der Waals surface area contributed by atoms with Crippen molar-refractivity contribution >= 4 is 23.5 Å². The van der Waals surface area contributed by atoms with Crippen molar-refractivity contribution in [1.29, 1.82) is 5.26 Å². The molecule has 7 nitrogen and oxygen atoms in total. The normalized spacial score (nSPS) is 20.2. The average Bonchev–Trinajstić information content (AvgIpc) is 2.79. The zero-order valence-electron chi connectivity index (χ0n) is 14.7. The van der Waals surface area contributed by atoms with Crippen LogP contribution in [0.1, 0.15) is 51.0 Å². The zero-order valence-corrected chi connectivity index (χ0v) is 14.7. The molecule has 1 aliphatic heterocycles. The minimum Gasteiger partial charge on any atom is -0.323 e. The SMILES string of the molecule is C[C@H](C(=O)Nc1ccccc1C#N)N1C(=O)NC2(CCCCCC2)C1=O. The molecule has 0 radical (unpaired) electrons. The van der Waals surface area contributed by atoms with Crippen molar-refractivity contribution in [2.75, 3.05) is 5.32 Å². The Kier molecular flexibility index (Phi) is 4.94. The number of benzene rings is 1. The molecule has 1 aromatic carbocycles. The smallest absolute Gasteiger partial charge is 0.323 e. The number of para-hydroxylation sites is 1. The molecule has 2 fully saturated rings. The fraction of sp³-hybridized carbons (Fsp3) is 0.474. The maximum atomic E-state index is 13.0. The molecule has 1 heterocycles. The summed E-state index contributed by atoms with van der Waals surface area (Å²) in [6, 6.07) is 7.13. The number of carbonyl (C=O) groups excluding carboxylic acids is 3. The minimum atomic E-state index is -0.961. The molecule has 0 bridgehead atoms. The number of hydrogen-bond donors (Lipinski definition) is 2. The third-order valence-electron chi connectivity index (χ3n) is 5.22. The fourth-order valence-corrected chi connectivity index (χ4v) is 3.71. The Morgan fingerprint density at radius 3 is 2.54 bits per heavy atom. The van der Waals surface area contributed by atoms with Crippen molar-refractivity contribution in [1.82, 2.24) is 10.2 Å². The molecular weight excluding hydrogens is 332 g/mol. The number of hydrogen-bond acceptors (Lipinski definition) is 4. The molecule has 1 spiro atoms. The minimum absolute atomic E-state index is 0.319. The Morgan fingerprint density at radius 1 is 1.23 bits per heavy atom. The summed E-state index contributed by atoms with van der Waals surface area (Å²) >= 11 is 0. The molecule has 1 saturated heterocycles. The highest BCUT2D eigenvalue weighted by atomic mass is 16.2. The summed E-state index contributed by atoms with van der Waals surface area (Å²) in [6.07, 6.45) is 5.09. The largest absolute Gasteiger partial charge is 0.325 e. The highest BCUT2D eigenvalue weighted by molar-refractivity contribution is 6.11. The molecule has 2 N–H and O–H groups in total. The van der Waals surface area contributed by atoms with E-state index in [1.54, 1.807) is 24.3 Å². The third kappa shape index (κ3) is 3.15. The zero-order chi connectivity index (χ0) is 18.7. The van der Waals surface area contributed by atoms with Crippen LogP contribution in [0.3, 0.4) is 0 Å². The lowest BCUT2D eigenvalue weighted by Gasteiger charge is -2.26. The van der Waals surface area contributed by atoms with Gasteiger partial charge in [0.25, 0.3) is 5.91 Å². The Hall–Kier alpha value is -2.88. The van der Waals surface area contributed by atoms with E-state index in [1.807, 2.05) is 6.07 Å². The molecule has 2 aliphatic rings. The van der Waals surface area contributed by atoms with Crippen LogP contribution in [0.5, 0.6) is 0 Å². The number of rotatable bonds is 3. The fourth-order valence-electron chi connectivity index (χ4n) is 3.71. The maximum absolute atomic E-state index is 13.0. The van der Waals surface area contributed by atoms with E-state index < -0.39 is 23.5 Å². The third-order valence-corrected chi connectivity index (χ3v) is 5.22. The number of amides is 4. The van der Waals surface area contributed by atoms with Crippen molar-refractivity contribution in [2.24, 2.45) is 0 Å². The average molecular weight is 354 g/mol. The number of nitrogens with zero attached hydrogens (tertiary/aromatic N) is 2. The van der Waals surface area contributed by atoms with Crippen LogP contribution in [0, 0.1) is 11.3 Å². The second kappa shape index (κ2) is 7.16. The van der Waals surface area contributed by atoms with Gasteiger partial charge in [0.15, 0.2) is 0 Å². The highest BCUT2D eigenvalue weighted by Gasteiger charge is 2.53. The van der Waals surface area contributed by atoms with Crippen LogP contribution in [0.15, 0.2) is 24.3 Å². The van der Waals surface area contributed by atoms with Crippen LogP contribution in [0.4, 0.5) is 10.5 Å². The van der Waals surface area contributed by atoms with Crippen molar-refractivity contribution in [3.63, 3.8) is 0 Å². The molecular formula is C19H22N4O3. The van der Waals surface area contributed by atoms with Crippen LogP contribution in [-0.2, 0) is 9.59 Å². The van der Waals surface area contributed by atoms with Crippen LogP contribution in [0.2, 0.25) is 0 Å². The summed E-state index contributed by atoms with van der Waals surface area (Å²) in [7, 11) is 0. The molecule has 136 valence electrons. The number of imide groups is 1. The van der Waals surface area contributed by atoms with Gasteiger partial charge in [0.2, 0.25) is 5.91 Å². The van der Waals surface area contributed by atoms with E-state index in [0.717, 1.165) is 30.6 Å². The standard InChI is InChI=1S/C19H22N4O3/c1-13(16(24)21-15-9-5-4-8-14(15)12-20)23-17(25)19(22-18(23)26)10-6-2-3-7-11-19/h4-5,8-9,13H,2-3,6-7,10-11H2,1H3,(H,21,24)(H,22,26)/t13-/m1/s1. The van der Waals surface area contributed by atoms with Gasteiger partial charge in [0.05, 0.1) is 11.3 Å². The first kappa shape index (κ1) is 17.9. The molecule has 3 rings (SSSR count). The molecule has 0 aromatic heterocycles. The molecule has 0 unspecified atom stereocenters. The van der Waals surface area contributed by atoms with Gasteiger partial charge in [-0.25, -0.2) is 9.69 Å². The van der Waals surface area contributed by atoms with Crippen LogP contribution >= 0.6 is 0 Å². The van der Waals surface area contributed by atoms with Crippen LogP contribution < -0.4 is 10.6 Å². The number of anilines is 1. The van der Waals surface area contributed by atoms with Gasteiger partial charge in [-0.2, -0.15) is 5.26 Å². The topological polar surface area (TPSA) is 102 Å². The summed E-state index contributed by atoms with van der Waals surface area (Å²) < 4.78 is 0. The first-order valence-corrected chi connectivity index (χ1v) is 8.94. The molecule has 26 heavy (non-hydrogen) atoms. The van der Waals surface area contributed by atoms with Crippen LogP contribution in [-0.4, -0.2) is 34.3 Å². The predicted octanol–water partition coefficient (Wildman–Crippen LogP) is 2.53. The second-order valence-corrected chi connectivity index (χ2v) is 6.92. The lowest BCUT2D eigenvalue weighted by Crippen LogP contribution is -2.49. The number of nitrogens with one attached hydrogen (secondary N) is 2. The van der Waals surface area contributed by atoms with Crippen LogP contribution in [0.25, 0.3) is 0 Å². The Morgan fingerprint density at radius 2 is 1.88 bits per heavy atom. The van der Waals surface area contributed by atoms with Gasteiger partial charge in [-0.3, -0.25) is 9.59 Å². The van der Waals surface area contributed by atoms with Crippen molar-refractivity contribution in [3.05, 3.63) is 29.8 Å². The number of urea groups is 1. The predicted molar refractivity (Wildman–Crippen MR) is 95.1 cm³/mol. The Labute approximate surface area is 152 Å². The summed E-state index contributed by atoms with van der Waals surface area (Å²) in [5.74, 6) is -0.817. The monoisotopic (exact) mass is 354 g/mol. The van der Waals surface area contributed by atoms with E-state index in [0.29, 0.717) is 24.1 Å². The number of carbonyl (C=O) groups is 3.